The van der Waals surface area contributed by atoms with Crippen LogP contribution in [0.3, 0.4) is 0 Å². The molecule has 17 N–H and O–H groups in total. The second-order valence-corrected chi connectivity index (χ2v) is 29.9. The van der Waals surface area contributed by atoms with Gasteiger partial charge >= 0.3 is 42.0 Å². The Hall–Kier alpha value is -11.5. The smallest absolute Gasteiger partial charge is 0.427 e. The molecule has 7 unspecified atom stereocenters. The van der Waals surface area contributed by atoms with Crippen molar-refractivity contribution in [3.05, 3.63) is 130 Å². The van der Waals surface area contributed by atoms with Crippen molar-refractivity contribution < 1.29 is 112 Å². The van der Waals surface area contributed by atoms with E-state index in [0.717, 1.165) is 75.7 Å². The van der Waals surface area contributed by atoms with Crippen molar-refractivity contribution in [2.75, 3.05) is 84.8 Å². The lowest BCUT2D eigenvalue weighted by Crippen LogP contribution is -2.58. The molecule has 0 saturated carbocycles. The molecule has 4 aromatic carbocycles. The normalized spacial score (nSPS) is 15.1. The SMILES string of the molecule is C=C1c2cc(CC)c(OC)cc2C2=C(c3cc(OC)c(O)cc3C2=NNC(=O)OCCSSCC(NC(=O)C(CC(=O)O)NC(=O)C(N)CNC(=O)C(Cc2ccccc2)NC(=O)C(Cc2ccccc2)NC(=O)CCCCCCCNC(=O)CCC(NC(=O)NC(CCC(=O)O)C(=O)O)C(=O)O)C(=O)O)N1CCCN1CCOCC1. The first-order chi connectivity index (χ1) is 55.6. The largest absolute Gasteiger partial charge is 0.504 e. The number of phenols is 1. The number of allylic oxidation sites excluding steroid dienone is 1. The second kappa shape index (κ2) is 46.8. The number of methoxy groups -OCH3 is 2. The number of carboxylic acids is 5. The van der Waals surface area contributed by atoms with E-state index in [0.29, 0.717) is 97.6 Å². The van der Waals surface area contributed by atoms with Crippen LogP contribution in [0.1, 0.15) is 123 Å². The summed E-state index contributed by atoms with van der Waals surface area (Å²) in [7, 11) is 5.09. The summed E-state index contributed by atoms with van der Waals surface area (Å²) in [6, 6.07) is 12.5. The Labute approximate surface area is 677 Å². The number of aromatic hydroxyl groups is 1. The van der Waals surface area contributed by atoms with Crippen LogP contribution in [-0.4, -0.2) is 251 Å². The number of hydrogen-bond donors (Lipinski definition) is 16. The molecule has 7 rings (SSSR count). The van der Waals surface area contributed by atoms with Crippen LogP contribution in [0.15, 0.2) is 96.6 Å². The van der Waals surface area contributed by atoms with Gasteiger partial charge in [0, 0.05) is 111 Å². The number of hydrogen-bond acceptors (Lipinski definition) is 24. The molecule has 2 heterocycles. The van der Waals surface area contributed by atoms with E-state index in [4.69, 9.17) is 29.8 Å². The van der Waals surface area contributed by atoms with Crippen LogP contribution < -0.4 is 63.2 Å². The van der Waals surface area contributed by atoms with E-state index >= 15 is 0 Å². The average Bonchev–Trinajstić information content (AvgIpc) is 1.55. The molecule has 7 atom stereocenters. The summed E-state index contributed by atoms with van der Waals surface area (Å²) >= 11 is 0. The van der Waals surface area contributed by atoms with Gasteiger partial charge in [-0.3, -0.25) is 43.3 Å². The fraction of sp³-hybridized carbons (Fsp3) is 0.462. The van der Waals surface area contributed by atoms with Crippen molar-refractivity contribution >= 4 is 122 Å². The Morgan fingerprint density at radius 1 is 0.586 bits per heavy atom. The van der Waals surface area contributed by atoms with Gasteiger partial charge in [0.25, 0.3) is 0 Å². The fourth-order valence-electron chi connectivity index (χ4n) is 12.8. The Bertz CT molecular complexity index is 4230. The minimum atomic E-state index is -1.86. The van der Waals surface area contributed by atoms with Crippen molar-refractivity contribution in [1.29, 1.82) is 0 Å². The molecule has 0 radical (unpaired) electrons. The number of aliphatic carboxylic acids is 5. The number of nitrogens with zero attached hydrogens (tertiary/aromatic N) is 3. The maximum Gasteiger partial charge on any atom is 0.427 e. The first kappa shape index (κ1) is 91.7. The number of nitrogens with one attached hydrogen (secondary N) is 9. The highest BCUT2D eigenvalue weighted by Gasteiger charge is 2.41. The molecule has 1 aliphatic carbocycles. The van der Waals surface area contributed by atoms with Crippen molar-refractivity contribution in [3.63, 3.8) is 0 Å². The Morgan fingerprint density at radius 3 is 1.78 bits per heavy atom. The minimum Gasteiger partial charge on any atom is -0.504 e. The summed E-state index contributed by atoms with van der Waals surface area (Å²) < 4.78 is 22.5. The van der Waals surface area contributed by atoms with Gasteiger partial charge in [-0.15, -0.1) is 0 Å². The van der Waals surface area contributed by atoms with Crippen molar-refractivity contribution in [3.8, 4) is 17.2 Å². The summed E-state index contributed by atoms with van der Waals surface area (Å²) in [5.41, 5.74) is 16.1. The van der Waals surface area contributed by atoms with Crippen LogP contribution in [0, 0.1) is 0 Å². The topological polar surface area (TPSA) is 533 Å². The molecule has 0 bridgehead atoms. The second-order valence-electron chi connectivity index (χ2n) is 27.3. The summed E-state index contributed by atoms with van der Waals surface area (Å²) in [6.45, 7) is 10.3. The standard InChI is InChI=1S/C78H101N13O23S2/c1-5-48-38-49-45(2)91(29-17-28-90-30-32-113-33-31-90)69-52-41-62(112-4)60(92)39-51(52)68(67(69)50(49)40-61(48)111-3)88-89-78(110)114-34-35-115-116-44-59(76(107)108)85-73(102)58(42-66(97)98)83-70(99)53(79)43-81-71(100)56(36-46-18-11-9-12-19-46)84-72(101)57(37-47-20-13-10-14-21-47)82-64(94)22-15-7-6-8-16-27-80-63(93)25-23-54(74(103)104)86-77(109)87-55(75(105)106)24-26-65(95)96/h9-14,18-21,38-41,53-59,92H,2,5-8,15-17,22-37,42-44,79H2,1,3-4H3,(H,80,93)(H,81,100)(H,82,94)(H,83,99)(H,84,101)(H,85,102)(H,89,110)(H,95,96)(H,97,98)(H,103,104)(H,105,106)(H,107,108)(H2,86,87,109). The van der Waals surface area contributed by atoms with Crippen molar-refractivity contribution in [1.82, 2.24) is 57.8 Å². The highest BCUT2D eigenvalue weighted by Crippen LogP contribution is 2.52. The fourth-order valence-corrected chi connectivity index (χ4v) is 14.8. The number of carbonyl (C=O) groups excluding carboxylic acids is 8. The van der Waals surface area contributed by atoms with E-state index in [-0.39, 0.29) is 68.3 Å². The molecule has 4 aromatic rings. The molecule has 0 aromatic heterocycles. The molecule has 628 valence electrons. The van der Waals surface area contributed by atoms with Gasteiger partial charge in [-0.2, -0.15) is 5.10 Å². The lowest BCUT2D eigenvalue weighted by Gasteiger charge is -2.36. The Kier molecular flexibility index (Phi) is 37.0. The Morgan fingerprint density at radius 2 is 1.17 bits per heavy atom. The third kappa shape index (κ3) is 28.5. The lowest BCUT2D eigenvalue weighted by molar-refractivity contribution is -0.143. The van der Waals surface area contributed by atoms with E-state index in [2.05, 4.69) is 64.1 Å². The number of unbranched alkanes of at least 4 members (excludes halogenated alkanes) is 4. The number of urea groups is 1. The number of benzene rings is 4. The minimum absolute atomic E-state index is 0.0120. The molecule has 1 fully saturated rings. The molecule has 1 saturated heterocycles. The van der Waals surface area contributed by atoms with Crippen molar-refractivity contribution in [2.24, 2.45) is 10.8 Å². The van der Waals surface area contributed by atoms with Crippen LogP contribution >= 0.6 is 21.6 Å². The van der Waals surface area contributed by atoms with Crippen LogP contribution in [0.2, 0.25) is 0 Å². The number of aryl methyl sites for hydroxylation is 1. The first-order valence-electron chi connectivity index (χ1n) is 37.8. The molecule has 116 heavy (non-hydrogen) atoms. The third-order valence-electron chi connectivity index (χ3n) is 18.9. The van der Waals surface area contributed by atoms with E-state index < -0.39 is 146 Å². The van der Waals surface area contributed by atoms with Gasteiger partial charge in [0.2, 0.25) is 35.4 Å². The quantitative estimate of drug-likeness (QED) is 0.0171. The number of rotatable bonds is 49. The number of morpholine rings is 1. The highest BCUT2D eigenvalue weighted by molar-refractivity contribution is 8.76. The lowest BCUT2D eigenvalue weighted by atomic mass is 9.88. The van der Waals surface area contributed by atoms with Crippen LogP contribution in [0.4, 0.5) is 9.59 Å². The predicted molar refractivity (Wildman–Crippen MR) is 428 cm³/mol. The first-order valence-corrected chi connectivity index (χ1v) is 40.2. The highest BCUT2D eigenvalue weighted by atomic mass is 33.1. The van der Waals surface area contributed by atoms with Gasteiger partial charge in [0.05, 0.1) is 39.6 Å². The number of carboxylic acid groups (broad SMARTS) is 5. The summed E-state index contributed by atoms with van der Waals surface area (Å²) in [4.78, 5) is 170. The molecule has 38 heteroatoms. The maximum absolute atomic E-state index is 14.3. The molecule has 0 spiro atoms. The van der Waals surface area contributed by atoms with Gasteiger partial charge in [-0.25, -0.2) is 29.4 Å². The maximum atomic E-state index is 14.3. The number of amides is 9. The predicted octanol–water partition coefficient (Wildman–Crippen LogP) is 3.41. The van der Waals surface area contributed by atoms with Gasteiger partial charge in [0.1, 0.15) is 60.4 Å². The van der Waals surface area contributed by atoms with E-state index in [1.165, 1.54) is 13.2 Å². The molecular weight excluding hydrogens is 1550 g/mol. The third-order valence-corrected chi connectivity index (χ3v) is 21.3. The molecule has 2 aliphatic heterocycles. The van der Waals surface area contributed by atoms with E-state index in [9.17, 15) is 87.9 Å². The van der Waals surface area contributed by atoms with Gasteiger partial charge < -0.3 is 103 Å². The summed E-state index contributed by atoms with van der Waals surface area (Å²) in [6.07, 6.45) is 0.550. The molecule has 3 aliphatic rings. The summed E-state index contributed by atoms with van der Waals surface area (Å²) in [5.74, 6) is -11.7. The number of fused-ring (bicyclic) bond motifs is 4. The van der Waals surface area contributed by atoms with Crippen molar-refractivity contribution in [2.45, 2.75) is 146 Å². The zero-order chi connectivity index (χ0) is 84.4. The number of ether oxygens (including phenoxy) is 4. The zero-order valence-corrected chi connectivity index (χ0v) is 66.2. The Balaban J connectivity index is 0.875. The number of hydrazone groups is 1. The van der Waals surface area contributed by atoms with Crippen LogP contribution in [0.5, 0.6) is 17.2 Å². The van der Waals surface area contributed by atoms with E-state index in [1.54, 1.807) is 73.8 Å². The van der Waals surface area contributed by atoms with E-state index in [1.807, 2.05) is 24.4 Å². The number of phenolic OH excluding ortho intramolecular Hbond substituents is 1. The number of carbonyl (C=O) groups is 13. The van der Waals surface area contributed by atoms with Crippen LogP contribution in [0.25, 0.3) is 17.0 Å². The number of nitrogens with two attached hydrogens (primary N) is 1. The van der Waals surface area contributed by atoms with Crippen LogP contribution in [-0.2, 0) is 81.5 Å². The molecule has 36 nitrogen and oxygen atoms in total. The zero-order valence-electron chi connectivity index (χ0n) is 64.6. The molecule has 9 amide bonds. The van der Waals surface area contributed by atoms with Gasteiger partial charge in [-0.1, -0.05) is 115 Å². The summed E-state index contributed by atoms with van der Waals surface area (Å²) in [5, 5.41) is 82.7. The average molecular weight is 1650 g/mol. The molecular formula is C78H101N13O23S2. The monoisotopic (exact) mass is 1650 g/mol. The van der Waals surface area contributed by atoms with Gasteiger partial charge in [0.15, 0.2) is 11.5 Å². The van der Waals surface area contributed by atoms with Gasteiger partial charge in [-0.05, 0) is 85.0 Å².